The predicted molar refractivity (Wildman–Crippen MR) is 127 cm³/mol. The maximum Gasteiger partial charge on any atom is 0.573 e. The Morgan fingerprint density at radius 3 is 2.37 bits per heavy atom. The largest absolute Gasteiger partial charge is 0.573 e. The Balaban J connectivity index is 1.61. The van der Waals surface area contributed by atoms with Crippen LogP contribution in [0.3, 0.4) is 0 Å². The van der Waals surface area contributed by atoms with Gasteiger partial charge < -0.3 is 10.1 Å². The molecule has 3 aromatic rings. The molecule has 1 saturated heterocycles. The van der Waals surface area contributed by atoms with E-state index in [0.717, 1.165) is 24.3 Å². The van der Waals surface area contributed by atoms with Crippen molar-refractivity contribution in [1.29, 1.82) is 0 Å². The second kappa shape index (κ2) is 9.97. The number of rotatable bonds is 5. The Hall–Kier alpha value is -3.54. The highest BCUT2D eigenvalue weighted by Crippen LogP contribution is 2.42. The molecule has 1 amide bonds. The zero-order valence-corrected chi connectivity index (χ0v) is 20.7. The Morgan fingerprint density at radius 1 is 1.03 bits per heavy atom. The number of amides is 1. The van der Waals surface area contributed by atoms with Crippen molar-refractivity contribution in [3.8, 4) is 5.75 Å². The lowest BCUT2D eigenvalue weighted by Crippen LogP contribution is -2.36. The van der Waals surface area contributed by atoms with Crippen LogP contribution >= 0.6 is 0 Å². The number of nitrogens with one attached hydrogen (secondary N) is 2. The van der Waals surface area contributed by atoms with E-state index >= 15 is 0 Å². The number of aromatic nitrogens is 2. The van der Waals surface area contributed by atoms with Crippen LogP contribution in [0.2, 0.25) is 0 Å². The quantitative estimate of drug-likeness (QED) is 0.369. The SMILES string of the molecule is CC(C)(C)n1ccc([C@H]2C[C@@H](C(=O)Nc3cccc(OC(F)(F)F)c3)N[C@H]2c2cccc(C(F)(F)F)c2)n1. The maximum atomic E-state index is 13.4. The Bertz CT molecular complexity index is 1300. The third kappa shape index (κ3) is 6.47. The zero-order valence-electron chi connectivity index (χ0n) is 20.7. The third-order valence-corrected chi connectivity index (χ3v) is 6.17. The number of carbonyl (C=O) groups excluding carboxylic acids is 1. The van der Waals surface area contributed by atoms with Gasteiger partial charge in [-0.15, -0.1) is 13.2 Å². The van der Waals surface area contributed by atoms with Crippen molar-refractivity contribution in [1.82, 2.24) is 15.1 Å². The van der Waals surface area contributed by atoms with Gasteiger partial charge in [0.25, 0.3) is 0 Å². The number of nitrogens with zero attached hydrogens (tertiary/aromatic N) is 2. The third-order valence-electron chi connectivity index (χ3n) is 6.17. The molecule has 12 heteroatoms. The molecule has 0 aliphatic carbocycles. The predicted octanol–water partition coefficient (Wildman–Crippen LogP) is 6.38. The van der Waals surface area contributed by atoms with E-state index in [9.17, 15) is 31.1 Å². The molecular weight excluding hydrogens is 514 g/mol. The summed E-state index contributed by atoms with van der Waals surface area (Å²) in [5, 5.41) is 10.3. The normalized spacial score (nSPS) is 20.4. The molecule has 1 fully saturated rings. The molecule has 0 unspecified atom stereocenters. The first-order valence-electron chi connectivity index (χ1n) is 11.8. The van der Waals surface area contributed by atoms with Crippen molar-refractivity contribution in [3.05, 3.63) is 77.6 Å². The van der Waals surface area contributed by atoms with E-state index in [1.54, 1.807) is 23.0 Å². The van der Waals surface area contributed by atoms with E-state index in [4.69, 9.17) is 0 Å². The molecule has 0 radical (unpaired) electrons. The lowest BCUT2D eigenvalue weighted by atomic mass is 9.90. The van der Waals surface area contributed by atoms with Gasteiger partial charge in [0.1, 0.15) is 5.75 Å². The van der Waals surface area contributed by atoms with Gasteiger partial charge in [-0.1, -0.05) is 18.2 Å². The zero-order chi connectivity index (χ0) is 27.9. The molecule has 4 rings (SSSR count). The van der Waals surface area contributed by atoms with Gasteiger partial charge in [-0.05, 0) is 63.1 Å². The van der Waals surface area contributed by atoms with E-state index < -0.39 is 47.8 Å². The van der Waals surface area contributed by atoms with Crippen molar-refractivity contribution in [2.24, 2.45) is 0 Å². The van der Waals surface area contributed by atoms with Crippen LogP contribution in [0.15, 0.2) is 60.8 Å². The first kappa shape index (κ1) is 27.5. The number of carbonyl (C=O) groups is 1. The van der Waals surface area contributed by atoms with Gasteiger partial charge >= 0.3 is 12.5 Å². The van der Waals surface area contributed by atoms with Crippen molar-refractivity contribution in [2.75, 3.05) is 5.32 Å². The summed E-state index contributed by atoms with van der Waals surface area (Å²) < 4.78 is 83.6. The Morgan fingerprint density at radius 2 is 1.74 bits per heavy atom. The van der Waals surface area contributed by atoms with Gasteiger partial charge in [-0.25, -0.2) is 0 Å². The van der Waals surface area contributed by atoms with Crippen LogP contribution in [0, 0.1) is 0 Å². The van der Waals surface area contributed by atoms with E-state index in [0.29, 0.717) is 11.3 Å². The molecule has 1 aliphatic rings. The molecule has 2 N–H and O–H groups in total. The second-order valence-electron chi connectivity index (χ2n) is 10.1. The first-order valence-corrected chi connectivity index (χ1v) is 11.8. The van der Waals surface area contributed by atoms with Crippen LogP contribution in [0.5, 0.6) is 5.75 Å². The minimum atomic E-state index is -4.89. The molecule has 38 heavy (non-hydrogen) atoms. The number of anilines is 1. The summed E-state index contributed by atoms with van der Waals surface area (Å²) in [6, 6.07) is 9.97. The minimum absolute atomic E-state index is 0.0784. The molecule has 1 aliphatic heterocycles. The van der Waals surface area contributed by atoms with Crippen molar-refractivity contribution in [2.45, 2.75) is 63.3 Å². The van der Waals surface area contributed by atoms with E-state index in [2.05, 4.69) is 20.5 Å². The van der Waals surface area contributed by atoms with E-state index in [1.165, 1.54) is 18.2 Å². The second-order valence-corrected chi connectivity index (χ2v) is 10.1. The monoisotopic (exact) mass is 540 g/mol. The molecule has 2 heterocycles. The molecule has 0 bridgehead atoms. The Kier molecular flexibility index (Phi) is 7.21. The maximum absolute atomic E-state index is 13.4. The molecule has 0 saturated carbocycles. The smallest absolute Gasteiger partial charge is 0.406 e. The van der Waals surface area contributed by atoms with E-state index in [1.807, 2.05) is 20.8 Å². The molecule has 204 valence electrons. The van der Waals surface area contributed by atoms with Crippen LogP contribution < -0.4 is 15.4 Å². The van der Waals surface area contributed by atoms with Gasteiger partial charge in [-0.3, -0.25) is 14.8 Å². The number of halogens is 6. The van der Waals surface area contributed by atoms with Crippen LogP contribution in [0.25, 0.3) is 0 Å². The van der Waals surface area contributed by atoms with Crippen molar-refractivity contribution in [3.63, 3.8) is 0 Å². The van der Waals surface area contributed by atoms with Crippen LogP contribution in [-0.2, 0) is 16.5 Å². The molecular formula is C26H26F6N4O2. The number of ether oxygens (including phenoxy) is 1. The molecule has 3 atom stereocenters. The fraction of sp³-hybridized carbons (Fsp3) is 0.385. The summed E-state index contributed by atoms with van der Waals surface area (Å²) in [7, 11) is 0. The van der Waals surface area contributed by atoms with E-state index in [-0.39, 0.29) is 17.6 Å². The van der Waals surface area contributed by atoms with Crippen LogP contribution in [-0.4, -0.2) is 28.1 Å². The summed E-state index contributed by atoms with van der Waals surface area (Å²) in [6.07, 6.45) is -7.46. The lowest BCUT2D eigenvalue weighted by Gasteiger charge is -2.21. The highest BCUT2D eigenvalue weighted by atomic mass is 19.4. The molecule has 1 aromatic heterocycles. The number of benzene rings is 2. The van der Waals surface area contributed by atoms with Crippen LogP contribution in [0.1, 0.15) is 56.0 Å². The summed E-state index contributed by atoms with van der Waals surface area (Å²) in [5.74, 6) is -1.50. The fourth-order valence-electron chi connectivity index (χ4n) is 4.41. The molecule has 0 spiro atoms. The average molecular weight is 541 g/mol. The van der Waals surface area contributed by atoms with Gasteiger partial charge in [0.05, 0.1) is 22.8 Å². The average Bonchev–Trinajstić information content (AvgIpc) is 3.45. The minimum Gasteiger partial charge on any atom is -0.406 e. The molecule has 6 nitrogen and oxygen atoms in total. The topological polar surface area (TPSA) is 68.2 Å². The van der Waals surface area contributed by atoms with Gasteiger partial charge in [0.2, 0.25) is 5.91 Å². The summed E-state index contributed by atoms with van der Waals surface area (Å²) >= 11 is 0. The van der Waals surface area contributed by atoms with Crippen molar-refractivity contribution < 1.29 is 35.9 Å². The number of alkyl halides is 6. The highest BCUT2D eigenvalue weighted by molar-refractivity contribution is 5.95. The Labute approximate surface area is 215 Å². The first-order chi connectivity index (χ1) is 17.6. The summed E-state index contributed by atoms with van der Waals surface area (Å²) in [4.78, 5) is 13.1. The van der Waals surface area contributed by atoms with Crippen LogP contribution in [0.4, 0.5) is 32.0 Å². The number of hydrogen-bond donors (Lipinski definition) is 2. The standard InChI is InChI=1S/C26H26F6N4O2/c1-24(2,3)36-11-10-20(35-36)19-14-21(34-22(19)15-6-4-7-16(12-15)25(27,28)29)23(37)33-17-8-5-9-18(13-17)38-26(30,31)32/h4-13,19,21-22,34H,14H2,1-3H3,(H,33,37)/t19-,21+,22+/m1/s1. The van der Waals surface area contributed by atoms with Crippen molar-refractivity contribution >= 4 is 11.6 Å². The fourth-order valence-corrected chi connectivity index (χ4v) is 4.41. The number of hydrogen-bond acceptors (Lipinski definition) is 4. The summed E-state index contributed by atoms with van der Waals surface area (Å²) in [6.45, 7) is 5.86. The molecule has 2 aromatic carbocycles. The highest BCUT2D eigenvalue weighted by Gasteiger charge is 2.41. The van der Waals surface area contributed by atoms with Gasteiger partial charge in [0, 0.05) is 29.9 Å². The van der Waals surface area contributed by atoms with Gasteiger partial charge in [0.15, 0.2) is 0 Å². The lowest BCUT2D eigenvalue weighted by molar-refractivity contribution is -0.274. The van der Waals surface area contributed by atoms with Gasteiger partial charge in [-0.2, -0.15) is 18.3 Å². The summed E-state index contributed by atoms with van der Waals surface area (Å²) in [5.41, 5.74) is -0.132.